The van der Waals surface area contributed by atoms with E-state index in [1.807, 2.05) is 0 Å². The predicted molar refractivity (Wildman–Crippen MR) is 56.4 cm³/mol. The highest BCUT2D eigenvalue weighted by Crippen LogP contribution is 2.08. The molecular weight excluding hydrogens is 208 g/mol. The van der Waals surface area contributed by atoms with Gasteiger partial charge in [-0.15, -0.1) is 0 Å². The molecule has 2 heterocycles. The van der Waals surface area contributed by atoms with Crippen molar-refractivity contribution < 1.29 is 9.59 Å². The number of nitrogens with zero attached hydrogens (tertiary/aromatic N) is 1. The number of aromatic amines is 1. The minimum absolute atomic E-state index is 0.0475. The van der Waals surface area contributed by atoms with Crippen molar-refractivity contribution >= 4 is 11.8 Å². The number of hydrogen-bond acceptors (Lipinski definition) is 3. The first kappa shape index (κ1) is 10.7. The molecule has 0 bridgehead atoms. The van der Waals surface area contributed by atoms with Crippen LogP contribution >= 0.6 is 0 Å². The van der Waals surface area contributed by atoms with Gasteiger partial charge in [0.1, 0.15) is 0 Å². The van der Waals surface area contributed by atoms with E-state index < -0.39 is 0 Å². The Labute approximate surface area is 92.8 Å². The maximum absolute atomic E-state index is 11.6. The van der Waals surface area contributed by atoms with Crippen LogP contribution in [0.2, 0.25) is 0 Å². The number of rotatable bonds is 4. The number of nitrogens with one attached hydrogen (secondary N) is 3. The first-order valence-corrected chi connectivity index (χ1v) is 5.27. The molecule has 16 heavy (non-hydrogen) atoms. The number of carbonyl (C=O) groups is 2. The third-order valence-electron chi connectivity index (χ3n) is 2.60. The average molecular weight is 222 g/mol. The van der Waals surface area contributed by atoms with E-state index in [0.29, 0.717) is 19.5 Å². The highest BCUT2D eigenvalue weighted by molar-refractivity contribution is 5.89. The Kier molecular flexibility index (Phi) is 3.19. The van der Waals surface area contributed by atoms with Gasteiger partial charge in [0.2, 0.25) is 11.8 Å². The van der Waals surface area contributed by atoms with Gasteiger partial charge in [-0.25, -0.2) is 4.98 Å². The van der Waals surface area contributed by atoms with E-state index >= 15 is 0 Å². The van der Waals surface area contributed by atoms with Crippen molar-refractivity contribution in [2.45, 2.75) is 12.8 Å². The molecule has 0 saturated carbocycles. The molecule has 6 heteroatoms. The summed E-state index contributed by atoms with van der Waals surface area (Å²) in [5.41, 5.74) is 0.987. The zero-order valence-electron chi connectivity index (χ0n) is 8.82. The highest BCUT2D eigenvalue weighted by atomic mass is 16.2. The molecule has 1 unspecified atom stereocenters. The monoisotopic (exact) mass is 222 g/mol. The van der Waals surface area contributed by atoms with E-state index in [9.17, 15) is 9.59 Å². The van der Waals surface area contributed by atoms with Crippen LogP contribution in [-0.2, 0) is 16.0 Å². The normalized spacial score (nSPS) is 19.5. The van der Waals surface area contributed by atoms with Gasteiger partial charge in [0.15, 0.2) is 0 Å². The molecule has 1 aromatic heterocycles. The Morgan fingerprint density at radius 1 is 1.62 bits per heavy atom. The molecule has 2 amide bonds. The number of H-pyrrole nitrogens is 1. The van der Waals surface area contributed by atoms with E-state index in [2.05, 4.69) is 20.6 Å². The summed E-state index contributed by atoms with van der Waals surface area (Å²) < 4.78 is 0. The van der Waals surface area contributed by atoms with Crippen LogP contribution in [0.15, 0.2) is 12.5 Å². The molecule has 1 fully saturated rings. The van der Waals surface area contributed by atoms with E-state index in [0.717, 1.165) is 12.1 Å². The van der Waals surface area contributed by atoms with Crippen LogP contribution in [-0.4, -0.2) is 34.9 Å². The van der Waals surface area contributed by atoms with E-state index in [4.69, 9.17) is 0 Å². The fourth-order valence-corrected chi connectivity index (χ4v) is 1.68. The van der Waals surface area contributed by atoms with Crippen LogP contribution < -0.4 is 10.6 Å². The largest absolute Gasteiger partial charge is 0.355 e. The fraction of sp³-hybridized carbons (Fsp3) is 0.500. The van der Waals surface area contributed by atoms with Gasteiger partial charge in [-0.3, -0.25) is 9.59 Å². The summed E-state index contributed by atoms with van der Waals surface area (Å²) >= 11 is 0. The molecule has 3 N–H and O–H groups in total. The molecule has 86 valence electrons. The number of aromatic nitrogens is 2. The third kappa shape index (κ3) is 2.59. The Balaban J connectivity index is 1.70. The zero-order chi connectivity index (χ0) is 11.4. The quantitative estimate of drug-likeness (QED) is 0.623. The standard InChI is InChI=1S/C10H14N4O2/c15-9-3-7(4-13-9)10(16)12-2-1-8-5-11-6-14-8/h5-7H,1-4H2,(H,11,14)(H,12,16)(H,13,15). The first-order chi connectivity index (χ1) is 7.75. The fourth-order valence-electron chi connectivity index (χ4n) is 1.68. The van der Waals surface area contributed by atoms with Crippen LogP contribution in [0, 0.1) is 5.92 Å². The molecule has 0 radical (unpaired) electrons. The molecule has 0 aromatic carbocycles. The molecular formula is C10H14N4O2. The maximum Gasteiger partial charge on any atom is 0.225 e. The molecule has 1 aliphatic heterocycles. The lowest BCUT2D eigenvalue weighted by molar-refractivity contribution is -0.126. The topological polar surface area (TPSA) is 86.9 Å². The Morgan fingerprint density at radius 2 is 2.50 bits per heavy atom. The third-order valence-corrected chi connectivity index (χ3v) is 2.60. The summed E-state index contributed by atoms with van der Waals surface area (Å²) in [4.78, 5) is 29.3. The molecule has 2 rings (SSSR count). The number of hydrogen-bond donors (Lipinski definition) is 3. The lowest BCUT2D eigenvalue weighted by Gasteiger charge is -2.08. The summed E-state index contributed by atoms with van der Waals surface area (Å²) in [6.07, 6.45) is 4.36. The Morgan fingerprint density at radius 3 is 3.12 bits per heavy atom. The Bertz CT molecular complexity index is 374. The van der Waals surface area contributed by atoms with Gasteiger partial charge in [-0.2, -0.15) is 0 Å². The summed E-state index contributed by atoms with van der Waals surface area (Å²) in [6, 6.07) is 0. The molecule has 6 nitrogen and oxygen atoms in total. The van der Waals surface area contributed by atoms with E-state index in [1.54, 1.807) is 12.5 Å². The van der Waals surface area contributed by atoms with Gasteiger partial charge < -0.3 is 15.6 Å². The molecule has 1 saturated heterocycles. The van der Waals surface area contributed by atoms with Gasteiger partial charge in [0.05, 0.1) is 12.2 Å². The lowest BCUT2D eigenvalue weighted by Crippen LogP contribution is -2.33. The van der Waals surface area contributed by atoms with Crippen molar-refractivity contribution in [2.24, 2.45) is 5.92 Å². The van der Waals surface area contributed by atoms with Gasteiger partial charge >= 0.3 is 0 Å². The molecule has 1 atom stereocenters. The summed E-state index contributed by atoms with van der Waals surface area (Å²) in [5, 5.41) is 5.44. The van der Waals surface area contributed by atoms with E-state index in [-0.39, 0.29) is 17.7 Å². The molecule has 1 aliphatic rings. The molecule has 1 aromatic rings. The van der Waals surface area contributed by atoms with Crippen molar-refractivity contribution in [3.05, 3.63) is 18.2 Å². The summed E-state index contributed by atoms with van der Waals surface area (Å²) in [5.74, 6) is -0.319. The lowest BCUT2D eigenvalue weighted by atomic mass is 10.1. The average Bonchev–Trinajstić information content (AvgIpc) is 2.89. The highest BCUT2D eigenvalue weighted by Gasteiger charge is 2.27. The minimum atomic E-state index is -0.214. The van der Waals surface area contributed by atoms with Crippen molar-refractivity contribution in [3.8, 4) is 0 Å². The van der Waals surface area contributed by atoms with Crippen molar-refractivity contribution in [3.63, 3.8) is 0 Å². The second kappa shape index (κ2) is 4.78. The van der Waals surface area contributed by atoms with Crippen LogP contribution in [0.1, 0.15) is 12.1 Å². The van der Waals surface area contributed by atoms with Gasteiger partial charge in [0.25, 0.3) is 0 Å². The van der Waals surface area contributed by atoms with Crippen LogP contribution in [0.3, 0.4) is 0 Å². The molecule has 0 spiro atoms. The SMILES string of the molecule is O=C1CC(C(=O)NCCc2cnc[nH]2)CN1. The zero-order valence-corrected chi connectivity index (χ0v) is 8.82. The van der Waals surface area contributed by atoms with Crippen molar-refractivity contribution in [1.82, 2.24) is 20.6 Å². The van der Waals surface area contributed by atoms with Crippen LogP contribution in [0.4, 0.5) is 0 Å². The second-order valence-electron chi connectivity index (χ2n) is 3.82. The van der Waals surface area contributed by atoms with Crippen molar-refractivity contribution in [1.29, 1.82) is 0 Å². The van der Waals surface area contributed by atoms with Gasteiger partial charge in [-0.05, 0) is 0 Å². The number of amides is 2. The van der Waals surface area contributed by atoms with Gasteiger partial charge in [0, 0.05) is 37.8 Å². The minimum Gasteiger partial charge on any atom is -0.355 e. The predicted octanol–water partition coefficient (Wildman–Crippen LogP) is -0.796. The van der Waals surface area contributed by atoms with Gasteiger partial charge in [-0.1, -0.05) is 0 Å². The maximum atomic E-state index is 11.6. The smallest absolute Gasteiger partial charge is 0.225 e. The summed E-state index contributed by atoms with van der Waals surface area (Å²) in [7, 11) is 0. The second-order valence-corrected chi connectivity index (χ2v) is 3.82. The first-order valence-electron chi connectivity index (χ1n) is 5.27. The van der Waals surface area contributed by atoms with E-state index in [1.165, 1.54) is 0 Å². The number of imidazole rings is 1. The molecule has 0 aliphatic carbocycles. The summed E-state index contributed by atoms with van der Waals surface area (Å²) in [6.45, 7) is 1.01. The Hall–Kier alpha value is -1.85. The van der Waals surface area contributed by atoms with Crippen LogP contribution in [0.25, 0.3) is 0 Å². The van der Waals surface area contributed by atoms with Crippen LogP contribution in [0.5, 0.6) is 0 Å². The van der Waals surface area contributed by atoms with Crippen molar-refractivity contribution in [2.75, 3.05) is 13.1 Å². The number of carbonyl (C=O) groups excluding carboxylic acids is 2.